The SMILES string of the molecule is CCNc1ncc2cc(-c3ccc(-c4cncc(C)n4)cc3Cl)c(=O)n(CCC3OCC(N)CO3)c2n1. The minimum Gasteiger partial charge on any atom is -0.354 e. The Hall–Kier alpha value is -3.44. The highest BCUT2D eigenvalue weighted by molar-refractivity contribution is 6.33. The number of nitrogens with zero attached hydrogens (tertiary/aromatic N) is 5. The van der Waals surface area contributed by atoms with E-state index in [2.05, 4.69) is 25.3 Å². The van der Waals surface area contributed by atoms with Crippen LogP contribution in [0.25, 0.3) is 33.4 Å². The molecule has 10 nitrogen and oxygen atoms in total. The van der Waals surface area contributed by atoms with Crippen molar-refractivity contribution in [2.24, 2.45) is 5.73 Å². The van der Waals surface area contributed by atoms with Gasteiger partial charge in [0, 0.05) is 59.0 Å². The number of hydrogen-bond acceptors (Lipinski definition) is 9. The number of aromatic nitrogens is 5. The third-order valence-corrected chi connectivity index (χ3v) is 6.37. The molecule has 0 spiro atoms. The molecule has 0 radical (unpaired) electrons. The normalized spacial score (nSPS) is 17.7. The smallest absolute Gasteiger partial charge is 0.260 e. The lowest BCUT2D eigenvalue weighted by molar-refractivity contribution is -0.189. The maximum absolute atomic E-state index is 13.8. The Kier molecular flexibility index (Phi) is 7.43. The van der Waals surface area contributed by atoms with Crippen LogP contribution in [0.4, 0.5) is 5.95 Å². The van der Waals surface area contributed by atoms with Gasteiger partial charge in [-0.1, -0.05) is 23.7 Å². The maximum Gasteiger partial charge on any atom is 0.260 e. The second-order valence-corrected chi connectivity index (χ2v) is 9.31. The predicted octanol–water partition coefficient (Wildman–Crippen LogP) is 3.40. The third kappa shape index (κ3) is 5.47. The molecule has 37 heavy (non-hydrogen) atoms. The second kappa shape index (κ2) is 10.9. The van der Waals surface area contributed by atoms with Gasteiger partial charge in [0.15, 0.2) is 6.29 Å². The summed E-state index contributed by atoms with van der Waals surface area (Å²) in [4.78, 5) is 31.6. The number of nitrogens with one attached hydrogen (secondary N) is 1. The number of aryl methyl sites for hydroxylation is 2. The Labute approximate surface area is 218 Å². The zero-order valence-electron chi connectivity index (χ0n) is 20.6. The number of anilines is 1. The number of ether oxygens (including phenoxy) is 2. The summed E-state index contributed by atoms with van der Waals surface area (Å²) in [5.74, 6) is 0.452. The molecule has 0 aliphatic carbocycles. The van der Waals surface area contributed by atoms with Crippen molar-refractivity contribution in [2.75, 3.05) is 25.1 Å². The molecule has 5 rings (SSSR count). The van der Waals surface area contributed by atoms with E-state index in [1.54, 1.807) is 35.3 Å². The quantitative estimate of drug-likeness (QED) is 0.375. The van der Waals surface area contributed by atoms with Crippen molar-refractivity contribution in [3.05, 3.63) is 63.9 Å². The highest BCUT2D eigenvalue weighted by Gasteiger charge is 2.21. The standard InChI is InChI=1S/C26H28ClN7O3/c1-3-30-26-31-11-17-8-20(19-5-4-16(9-21(19)27)22-12-29-10-15(2)32-22)25(35)34(24(17)33-26)7-6-23-36-13-18(28)14-37-23/h4-5,8-12,18,23H,3,6-7,13-14,28H2,1-2H3,(H,30,31,33). The molecule has 1 aliphatic rings. The molecule has 11 heteroatoms. The van der Waals surface area contributed by atoms with E-state index in [0.717, 1.165) is 11.3 Å². The molecule has 0 saturated carbocycles. The van der Waals surface area contributed by atoms with Gasteiger partial charge in [0.2, 0.25) is 5.95 Å². The Morgan fingerprint density at radius 3 is 2.68 bits per heavy atom. The summed E-state index contributed by atoms with van der Waals surface area (Å²) in [6, 6.07) is 7.15. The summed E-state index contributed by atoms with van der Waals surface area (Å²) in [6.07, 6.45) is 5.10. The summed E-state index contributed by atoms with van der Waals surface area (Å²) >= 11 is 6.72. The van der Waals surface area contributed by atoms with Gasteiger partial charge in [-0.15, -0.1) is 0 Å². The molecule has 1 aliphatic heterocycles. The van der Waals surface area contributed by atoms with Gasteiger partial charge in [0.05, 0.1) is 36.8 Å². The molecule has 1 fully saturated rings. The van der Waals surface area contributed by atoms with Crippen LogP contribution in [0.3, 0.4) is 0 Å². The predicted molar refractivity (Wildman–Crippen MR) is 142 cm³/mol. The van der Waals surface area contributed by atoms with Crippen LogP contribution in [0, 0.1) is 6.92 Å². The third-order valence-electron chi connectivity index (χ3n) is 6.05. The summed E-state index contributed by atoms with van der Waals surface area (Å²) in [5.41, 5.74) is 9.55. The molecular weight excluding hydrogens is 494 g/mol. The van der Waals surface area contributed by atoms with Crippen LogP contribution in [0.2, 0.25) is 5.02 Å². The van der Waals surface area contributed by atoms with Crippen LogP contribution in [0.5, 0.6) is 0 Å². The number of benzene rings is 1. The number of pyridine rings is 1. The van der Waals surface area contributed by atoms with E-state index in [4.69, 9.17) is 26.8 Å². The highest BCUT2D eigenvalue weighted by Crippen LogP contribution is 2.31. The van der Waals surface area contributed by atoms with Crippen molar-refractivity contribution in [1.82, 2.24) is 24.5 Å². The van der Waals surface area contributed by atoms with E-state index < -0.39 is 6.29 Å². The van der Waals surface area contributed by atoms with Crippen molar-refractivity contribution in [3.63, 3.8) is 0 Å². The Morgan fingerprint density at radius 1 is 1.14 bits per heavy atom. The molecule has 0 atom stereocenters. The monoisotopic (exact) mass is 521 g/mol. The molecule has 4 heterocycles. The summed E-state index contributed by atoms with van der Waals surface area (Å²) in [5, 5.41) is 4.25. The Morgan fingerprint density at radius 2 is 1.95 bits per heavy atom. The molecule has 1 saturated heterocycles. The molecule has 0 unspecified atom stereocenters. The highest BCUT2D eigenvalue weighted by atomic mass is 35.5. The van der Waals surface area contributed by atoms with Crippen molar-refractivity contribution >= 4 is 28.6 Å². The van der Waals surface area contributed by atoms with Crippen LogP contribution < -0.4 is 16.6 Å². The molecule has 4 aromatic rings. The van der Waals surface area contributed by atoms with Gasteiger partial charge in [-0.3, -0.25) is 14.3 Å². The van der Waals surface area contributed by atoms with Gasteiger partial charge in [0.1, 0.15) is 5.65 Å². The lowest BCUT2D eigenvalue weighted by atomic mass is 10.0. The molecule has 0 bridgehead atoms. The Bertz CT molecular complexity index is 1490. The van der Waals surface area contributed by atoms with Gasteiger partial charge >= 0.3 is 0 Å². The van der Waals surface area contributed by atoms with E-state index in [0.29, 0.717) is 71.5 Å². The van der Waals surface area contributed by atoms with Gasteiger partial charge in [0.25, 0.3) is 5.56 Å². The molecule has 3 aromatic heterocycles. The first-order valence-corrected chi connectivity index (χ1v) is 12.5. The fourth-order valence-electron chi connectivity index (χ4n) is 4.26. The first-order valence-electron chi connectivity index (χ1n) is 12.1. The molecular formula is C26H28ClN7O3. The number of hydrogen-bond donors (Lipinski definition) is 2. The van der Waals surface area contributed by atoms with Crippen molar-refractivity contribution in [2.45, 2.75) is 39.1 Å². The zero-order valence-corrected chi connectivity index (χ0v) is 21.4. The topological polar surface area (TPSA) is 130 Å². The summed E-state index contributed by atoms with van der Waals surface area (Å²) in [7, 11) is 0. The first-order chi connectivity index (χ1) is 17.9. The molecule has 1 aromatic carbocycles. The van der Waals surface area contributed by atoms with Crippen LogP contribution in [0.15, 0.2) is 47.7 Å². The summed E-state index contributed by atoms with van der Waals surface area (Å²) < 4.78 is 13.0. The van der Waals surface area contributed by atoms with Crippen molar-refractivity contribution in [3.8, 4) is 22.4 Å². The molecule has 192 valence electrons. The fraction of sp³-hybridized carbons (Fsp3) is 0.346. The van der Waals surface area contributed by atoms with E-state index >= 15 is 0 Å². The van der Waals surface area contributed by atoms with E-state index in [1.165, 1.54) is 0 Å². The lowest BCUT2D eigenvalue weighted by Gasteiger charge is -2.27. The van der Waals surface area contributed by atoms with Gasteiger partial charge < -0.3 is 20.5 Å². The molecule has 3 N–H and O–H groups in total. The van der Waals surface area contributed by atoms with Gasteiger partial charge in [-0.2, -0.15) is 4.98 Å². The van der Waals surface area contributed by atoms with Gasteiger partial charge in [-0.25, -0.2) is 9.97 Å². The van der Waals surface area contributed by atoms with E-state index in [1.807, 2.05) is 26.0 Å². The fourth-order valence-corrected chi connectivity index (χ4v) is 4.54. The second-order valence-electron chi connectivity index (χ2n) is 8.90. The number of nitrogens with two attached hydrogens (primary N) is 1. The minimum absolute atomic E-state index is 0.144. The molecule has 0 amide bonds. The summed E-state index contributed by atoms with van der Waals surface area (Å²) in [6.45, 7) is 5.66. The average molecular weight is 522 g/mol. The minimum atomic E-state index is -0.446. The van der Waals surface area contributed by atoms with Crippen LogP contribution in [-0.2, 0) is 16.0 Å². The first kappa shape index (κ1) is 25.2. The van der Waals surface area contributed by atoms with Crippen LogP contribution in [0.1, 0.15) is 19.0 Å². The Balaban J connectivity index is 1.56. The zero-order chi connectivity index (χ0) is 25.9. The van der Waals surface area contributed by atoms with Crippen LogP contribution >= 0.6 is 11.6 Å². The average Bonchev–Trinajstić information content (AvgIpc) is 2.89. The van der Waals surface area contributed by atoms with Gasteiger partial charge in [-0.05, 0) is 26.0 Å². The number of halogens is 1. The van der Waals surface area contributed by atoms with E-state index in [-0.39, 0.29) is 11.6 Å². The number of fused-ring (bicyclic) bond motifs is 1. The van der Waals surface area contributed by atoms with Crippen molar-refractivity contribution in [1.29, 1.82) is 0 Å². The van der Waals surface area contributed by atoms with Crippen LogP contribution in [-0.4, -0.2) is 56.6 Å². The van der Waals surface area contributed by atoms with Crippen molar-refractivity contribution < 1.29 is 9.47 Å². The lowest BCUT2D eigenvalue weighted by Crippen LogP contribution is -2.41. The van der Waals surface area contributed by atoms with E-state index in [9.17, 15) is 4.79 Å². The number of rotatable bonds is 7. The maximum atomic E-state index is 13.8. The largest absolute Gasteiger partial charge is 0.354 e.